The molecule has 13 heteroatoms. The Labute approximate surface area is 207 Å². The SMILES string of the molecule is CCCCCC[Si](C)(O)[Si](C)(O[Si](C)(OC)O[Si](C)(C)O[Si](O)(OC)OC)C1CCCCC1. The lowest BCUT2D eigenvalue weighted by molar-refractivity contribution is 0.0577. The fourth-order valence-electron chi connectivity index (χ4n) is 4.86. The van der Waals surface area contributed by atoms with Gasteiger partial charge in [0.15, 0.2) is 0 Å². The highest BCUT2D eigenvalue weighted by molar-refractivity contribution is 7.37. The largest absolute Gasteiger partial charge is 0.667 e. The van der Waals surface area contributed by atoms with Crippen LogP contribution in [0.1, 0.15) is 64.7 Å². The van der Waals surface area contributed by atoms with Gasteiger partial charge >= 0.3 is 26.4 Å². The predicted octanol–water partition coefficient (Wildman–Crippen LogP) is 4.81. The maximum atomic E-state index is 12.0. The van der Waals surface area contributed by atoms with Crippen molar-refractivity contribution in [3.8, 4) is 0 Å². The van der Waals surface area contributed by atoms with Gasteiger partial charge in [0.1, 0.15) is 0 Å². The van der Waals surface area contributed by atoms with Crippen LogP contribution in [-0.2, 0) is 25.6 Å². The Morgan fingerprint density at radius 1 is 0.727 bits per heavy atom. The summed E-state index contributed by atoms with van der Waals surface area (Å²) in [6, 6.07) is 0.859. The number of hydrogen-bond donors (Lipinski definition) is 2. The van der Waals surface area contributed by atoms with Crippen molar-refractivity contribution >= 4 is 42.1 Å². The average molecular weight is 559 g/mol. The lowest BCUT2D eigenvalue weighted by atomic mass is 10.0. The summed E-state index contributed by atoms with van der Waals surface area (Å²) in [4.78, 5) is 22.5. The second-order valence-corrected chi connectivity index (χ2v) is 31.8. The Morgan fingerprint density at radius 2 is 1.30 bits per heavy atom. The van der Waals surface area contributed by atoms with E-state index >= 15 is 0 Å². The maximum Gasteiger partial charge on any atom is 0.667 e. The quantitative estimate of drug-likeness (QED) is 0.206. The fourth-order valence-corrected chi connectivity index (χ4v) is 31.1. The van der Waals surface area contributed by atoms with Crippen molar-refractivity contribution in [2.45, 2.75) is 109 Å². The fraction of sp³-hybridized carbons (Fsp3) is 1.00. The summed E-state index contributed by atoms with van der Waals surface area (Å²) < 4.78 is 35.5. The van der Waals surface area contributed by atoms with E-state index in [-0.39, 0.29) is 0 Å². The molecule has 1 aliphatic carbocycles. The summed E-state index contributed by atoms with van der Waals surface area (Å²) in [6.45, 7) is 12.1. The Balaban J connectivity index is 3.18. The van der Waals surface area contributed by atoms with E-state index in [9.17, 15) is 9.59 Å². The first kappa shape index (κ1) is 31.8. The van der Waals surface area contributed by atoms with Crippen LogP contribution in [0.3, 0.4) is 0 Å². The number of unbranched alkanes of at least 4 members (excludes halogenated alkanes) is 3. The highest BCUT2D eigenvalue weighted by atomic mass is 29.3. The summed E-state index contributed by atoms with van der Waals surface area (Å²) in [5.41, 5.74) is 0.402. The lowest BCUT2D eigenvalue weighted by Crippen LogP contribution is -2.70. The van der Waals surface area contributed by atoms with Crippen molar-refractivity contribution in [2.24, 2.45) is 0 Å². The van der Waals surface area contributed by atoms with E-state index in [0.29, 0.717) is 5.54 Å². The minimum absolute atomic E-state index is 0.402. The van der Waals surface area contributed by atoms with Gasteiger partial charge in [-0.2, -0.15) is 0 Å². The smallest absolute Gasteiger partial charge is 0.432 e. The van der Waals surface area contributed by atoms with Gasteiger partial charge in [-0.1, -0.05) is 64.7 Å². The molecular weight excluding hydrogens is 509 g/mol. The number of hydrogen-bond acceptors (Lipinski definition) is 8. The molecule has 0 radical (unpaired) electrons. The Morgan fingerprint density at radius 3 is 1.79 bits per heavy atom. The van der Waals surface area contributed by atoms with Gasteiger partial charge in [0.2, 0.25) is 15.7 Å². The van der Waals surface area contributed by atoms with Crippen molar-refractivity contribution in [3.63, 3.8) is 0 Å². The summed E-state index contributed by atoms with van der Waals surface area (Å²) in [7, 11) is -10.9. The second kappa shape index (κ2) is 13.3. The van der Waals surface area contributed by atoms with Gasteiger partial charge in [-0.05, 0) is 37.8 Å². The van der Waals surface area contributed by atoms with Crippen molar-refractivity contribution in [3.05, 3.63) is 0 Å². The average Bonchev–Trinajstić information content (AvgIpc) is 2.76. The van der Waals surface area contributed by atoms with Crippen molar-refractivity contribution in [2.75, 3.05) is 21.3 Å². The zero-order chi connectivity index (χ0) is 25.4. The van der Waals surface area contributed by atoms with Crippen LogP contribution >= 0.6 is 0 Å². The zero-order valence-corrected chi connectivity index (χ0v) is 27.5. The summed E-state index contributed by atoms with van der Waals surface area (Å²) >= 11 is 0. The van der Waals surface area contributed by atoms with Crippen LogP contribution in [0.5, 0.6) is 0 Å². The molecule has 0 saturated heterocycles. The topological polar surface area (TPSA) is 95.8 Å². The van der Waals surface area contributed by atoms with E-state index in [4.69, 9.17) is 25.6 Å². The number of rotatable bonds is 16. The standard InChI is InChI=1S/C20H50O8Si5/c1-10-11-12-16-19-30(7,21)31(8,20-17-14-13-15-18-20)28-32(9,23-2)26-29(5,6)27-33(22,24-3)25-4/h20-22H,10-19H2,1-9H3. The van der Waals surface area contributed by atoms with Gasteiger partial charge in [-0.25, -0.2) is 0 Å². The van der Waals surface area contributed by atoms with E-state index < -0.39 is 42.1 Å². The summed E-state index contributed by atoms with van der Waals surface area (Å²) in [6.07, 6.45) is 10.4. The van der Waals surface area contributed by atoms with E-state index in [1.807, 2.05) is 19.6 Å². The molecule has 0 aromatic heterocycles. The van der Waals surface area contributed by atoms with Crippen LogP contribution in [0, 0.1) is 0 Å². The Bertz CT molecular complexity index is 575. The van der Waals surface area contributed by atoms with Gasteiger partial charge in [0.25, 0.3) is 0 Å². The molecule has 198 valence electrons. The van der Waals surface area contributed by atoms with Crippen LogP contribution in [0.25, 0.3) is 0 Å². The van der Waals surface area contributed by atoms with Crippen LogP contribution in [0.2, 0.25) is 44.3 Å². The Kier molecular flexibility index (Phi) is 12.9. The second-order valence-electron chi connectivity index (χ2n) is 10.2. The predicted molar refractivity (Wildman–Crippen MR) is 143 cm³/mol. The van der Waals surface area contributed by atoms with Gasteiger partial charge < -0.3 is 35.2 Å². The Hall–Kier alpha value is 0.764. The molecule has 1 saturated carbocycles. The van der Waals surface area contributed by atoms with E-state index in [0.717, 1.165) is 31.7 Å². The van der Waals surface area contributed by atoms with Crippen LogP contribution in [0.4, 0.5) is 0 Å². The minimum atomic E-state index is -3.78. The van der Waals surface area contributed by atoms with E-state index in [1.54, 1.807) is 7.11 Å². The van der Waals surface area contributed by atoms with Crippen LogP contribution < -0.4 is 0 Å². The highest BCUT2D eigenvalue weighted by Crippen LogP contribution is 2.44. The van der Waals surface area contributed by atoms with Crippen LogP contribution in [0.15, 0.2) is 0 Å². The molecule has 0 bridgehead atoms. The molecular formula is C20H50O8Si5. The summed E-state index contributed by atoms with van der Waals surface area (Å²) in [5.74, 6) is 0. The molecule has 3 unspecified atom stereocenters. The molecule has 0 aromatic rings. The van der Waals surface area contributed by atoms with Crippen molar-refractivity contribution in [1.29, 1.82) is 0 Å². The first-order valence-electron chi connectivity index (χ1n) is 12.4. The maximum absolute atomic E-state index is 12.0. The van der Waals surface area contributed by atoms with Crippen molar-refractivity contribution in [1.82, 2.24) is 0 Å². The molecule has 0 heterocycles. The van der Waals surface area contributed by atoms with Gasteiger partial charge in [0.05, 0.1) is 0 Å². The first-order chi connectivity index (χ1) is 15.2. The molecule has 8 nitrogen and oxygen atoms in total. The molecule has 0 aliphatic heterocycles. The molecule has 1 fully saturated rings. The van der Waals surface area contributed by atoms with Gasteiger partial charge in [-0.15, -0.1) is 0 Å². The van der Waals surface area contributed by atoms with E-state index in [1.165, 1.54) is 46.3 Å². The third kappa shape index (κ3) is 9.29. The van der Waals surface area contributed by atoms with E-state index in [2.05, 4.69) is 20.0 Å². The first-order valence-corrected chi connectivity index (χ1v) is 25.3. The van der Waals surface area contributed by atoms with Gasteiger partial charge in [-0.3, -0.25) is 0 Å². The molecule has 0 spiro atoms. The molecule has 0 amide bonds. The van der Waals surface area contributed by atoms with Crippen LogP contribution in [-0.4, -0.2) is 73.0 Å². The third-order valence-electron chi connectivity index (χ3n) is 7.06. The van der Waals surface area contributed by atoms with Gasteiger partial charge in [0, 0.05) is 27.9 Å². The third-order valence-corrected chi connectivity index (χ3v) is 33.4. The molecule has 33 heavy (non-hydrogen) atoms. The van der Waals surface area contributed by atoms with Crippen molar-refractivity contribution < 1.29 is 35.2 Å². The summed E-state index contributed by atoms with van der Waals surface area (Å²) in [5, 5.41) is 0. The normalized spacial score (nSPS) is 21.9. The minimum Gasteiger partial charge on any atom is -0.432 e. The molecule has 1 rings (SSSR count). The highest BCUT2D eigenvalue weighted by Gasteiger charge is 2.60. The lowest BCUT2D eigenvalue weighted by Gasteiger charge is -2.49. The molecule has 0 aromatic carbocycles. The monoisotopic (exact) mass is 558 g/mol. The molecule has 3 atom stereocenters. The molecule has 1 aliphatic rings. The zero-order valence-electron chi connectivity index (χ0n) is 22.5. The molecule has 2 N–H and O–H groups in total.